The number of aromatic nitrogens is 3. The zero-order valence-corrected chi connectivity index (χ0v) is 12.2. The Morgan fingerprint density at radius 3 is 2.64 bits per heavy atom. The summed E-state index contributed by atoms with van der Waals surface area (Å²) < 4.78 is 2.06. The number of carbonyl (C=O) groups is 1. The van der Waals surface area contributed by atoms with Crippen LogP contribution in [0.3, 0.4) is 0 Å². The third kappa shape index (κ3) is 3.20. The van der Waals surface area contributed by atoms with E-state index in [-0.39, 0.29) is 5.91 Å². The number of nitrogens with one attached hydrogen (secondary N) is 1. The lowest BCUT2D eigenvalue weighted by Crippen LogP contribution is -2.12. The number of hydrogen-bond donors (Lipinski definition) is 1. The number of pyridine rings is 1. The number of imidazole rings is 1. The molecule has 3 aromatic rings. The van der Waals surface area contributed by atoms with Crippen LogP contribution in [0.15, 0.2) is 61.2 Å². The topological polar surface area (TPSA) is 59.8 Å². The van der Waals surface area contributed by atoms with Crippen LogP contribution in [0.2, 0.25) is 0 Å². The van der Waals surface area contributed by atoms with Gasteiger partial charge in [-0.05, 0) is 36.8 Å². The number of hydrogen-bond acceptors (Lipinski definition) is 3. The quantitative estimate of drug-likeness (QED) is 0.804. The SMILES string of the molecule is Cc1nccn1Cc1ccc(C(=O)Nc2cccnc2)cc1. The Bertz CT molecular complexity index is 763. The Labute approximate surface area is 128 Å². The van der Waals surface area contributed by atoms with Gasteiger partial charge in [0, 0.05) is 30.7 Å². The molecule has 1 amide bonds. The van der Waals surface area contributed by atoms with E-state index in [0.717, 1.165) is 17.9 Å². The third-order valence-electron chi connectivity index (χ3n) is 3.41. The second-order valence-corrected chi connectivity index (χ2v) is 5.00. The van der Waals surface area contributed by atoms with Gasteiger partial charge in [0.2, 0.25) is 0 Å². The maximum Gasteiger partial charge on any atom is 0.255 e. The van der Waals surface area contributed by atoms with Gasteiger partial charge >= 0.3 is 0 Å². The van der Waals surface area contributed by atoms with Crippen molar-refractivity contribution in [1.82, 2.24) is 14.5 Å². The molecule has 0 saturated carbocycles. The van der Waals surface area contributed by atoms with Crippen LogP contribution in [-0.2, 0) is 6.54 Å². The number of rotatable bonds is 4. The molecule has 0 unspecified atom stereocenters. The van der Waals surface area contributed by atoms with Gasteiger partial charge in [-0.25, -0.2) is 4.98 Å². The summed E-state index contributed by atoms with van der Waals surface area (Å²) in [5.74, 6) is 0.830. The Balaban J connectivity index is 1.68. The van der Waals surface area contributed by atoms with Crippen molar-refractivity contribution >= 4 is 11.6 Å². The highest BCUT2D eigenvalue weighted by molar-refractivity contribution is 6.04. The Hall–Kier alpha value is -2.95. The predicted octanol–water partition coefficient (Wildman–Crippen LogP) is 2.89. The van der Waals surface area contributed by atoms with Crippen LogP contribution >= 0.6 is 0 Å². The molecule has 0 saturated heterocycles. The maximum atomic E-state index is 12.1. The van der Waals surface area contributed by atoms with Crippen molar-refractivity contribution in [2.75, 3.05) is 5.32 Å². The molecule has 2 aromatic heterocycles. The summed E-state index contributed by atoms with van der Waals surface area (Å²) in [5.41, 5.74) is 2.43. The number of carbonyl (C=O) groups excluding carboxylic acids is 1. The summed E-state index contributed by atoms with van der Waals surface area (Å²) in [6.45, 7) is 2.71. The van der Waals surface area contributed by atoms with Gasteiger partial charge < -0.3 is 9.88 Å². The normalized spacial score (nSPS) is 10.4. The van der Waals surface area contributed by atoms with E-state index in [1.54, 1.807) is 30.7 Å². The van der Waals surface area contributed by atoms with Crippen molar-refractivity contribution in [3.8, 4) is 0 Å². The summed E-state index contributed by atoms with van der Waals surface area (Å²) in [5, 5.41) is 2.82. The fourth-order valence-corrected chi connectivity index (χ4v) is 2.17. The molecule has 0 aliphatic heterocycles. The van der Waals surface area contributed by atoms with E-state index in [1.165, 1.54) is 0 Å². The predicted molar refractivity (Wildman–Crippen MR) is 84.7 cm³/mol. The molecule has 5 nitrogen and oxygen atoms in total. The zero-order valence-electron chi connectivity index (χ0n) is 12.2. The average molecular weight is 292 g/mol. The van der Waals surface area contributed by atoms with Crippen LogP contribution in [0.4, 0.5) is 5.69 Å². The largest absolute Gasteiger partial charge is 0.331 e. The minimum atomic E-state index is -0.140. The second kappa shape index (κ2) is 6.22. The van der Waals surface area contributed by atoms with Crippen LogP contribution in [0.5, 0.6) is 0 Å². The van der Waals surface area contributed by atoms with Gasteiger partial charge in [-0.15, -0.1) is 0 Å². The smallest absolute Gasteiger partial charge is 0.255 e. The molecule has 110 valence electrons. The third-order valence-corrected chi connectivity index (χ3v) is 3.41. The first kappa shape index (κ1) is 14.0. The summed E-state index contributed by atoms with van der Waals surface area (Å²) in [6, 6.07) is 11.2. The van der Waals surface area contributed by atoms with Crippen molar-refractivity contribution in [2.24, 2.45) is 0 Å². The first-order chi connectivity index (χ1) is 10.7. The maximum absolute atomic E-state index is 12.1. The molecule has 0 fully saturated rings. The summed E-state index contributed by atoms with van der Waals surface area (Å²) in [6.07, 6.45) is 7.01. The molecule has 0 radical (unpaired) electrons. The van der Waals surface area contributed by atoms with Gasteiger partial charge in [0.1, 0.15) is 5.82 Å². The molecular formula is C17H16N4O. The Morgan fingerprint density at radius 1 is 1.18 bits per heavy atom. The van der Waals surface area contributed by atoms with Crippen LogP contribution in [-0.4, -0.2) is 20.4 Å². The number of benzene rings is 1. The van der Waals surface area contributed by atoms with Crippen LogP contribution in [0.1, 0.15) is 21.7 Å². The minimum Gasteiger partial charge on any atom is -0.331 e. The van der Waals surface area contributed by atoms with Gasteiger partial charge in [0.15, 0.2) is 0 Å². The fourth-order valence-electron chi connectivity index (χ4n) is 2.17. The molecule has 0 spiro atoms. The van der Waals surface area contributed by atoms with Crippen molar-refractivity contribution in [2.45, 2.75) is 13.5 Å². The van der Waals surface area contributed by atoms with Crippen molar-refractivity contribution in [1.29, 1.82) is 0 Å². The van der Waals surface area contributed by atoms with Crippen molar-refractivity contribution < 1.29 is 4.79 Å². The first-order valence-electron chi connectivity index (χ1n) is 7.00. The van der Waals surface area contributed by atoms with E-state index in [1.807, 2.05) is 37.4 Å². The van der Waals surface area contributed by atoms with E-state index in [2.05, 4.69) is 19.9 Å². The molecule has 0 aliphatic carbocycles. The first-order valence-corrected chi connectivity index (χ1v) is 7.00. The highest BCUT2D eigenvalue weighted by Crippen LogP contribution is 2.10. The number of aryl methyl sites for hydroxylation is 1. The molecular weight excluding hydrogens is 276 g/mol. The fraction of sp³-hybridized carbons (Fsp3) is 0.118. The molecule has 1 aromatic carbocycles. The van der Waals surface area contributed by atoms with E-state index >= 15 is 0 Å². The molecule has 3 rings (SSSR count). The van der Waals surface area contributed by atoms with E-state index in [0.29, 0.717) is 11.3 Å². The number of nitrogens with zero attached hydrogens (tertiary/aromatic N) is 3. The van der Waals surface area contributed by atoms with Gasteiger partial charge in [0.05, 0.1) is 11.9 Å². The zero-order chi connectivity index (χ0) is 15.4. The number of anilines is 1. The standard InChI is InChI=1S/C17H16N4O/c1-13-19-9-10-21(13)12-14-4-6-15(7-5-14)17(22)20-16-3-2-8-18-11-16/h2-11H,12H2,1H3,(H,20,22). The molecule has 0 atom stereocenters. The summed E-state index contributed by atoms with van der Waals surface area (Å²) in [4.78, 5) is 20.3. The van der Waals surface area contributed by atoms with Gasteiger partial charge in [0.25, 0.3) is 5.91 Å². The lowest BCUT2D eigenvalue weighted by Gasteiger charge is -2.07. The van der Waals surface area contributed by atoms with Crippen LogP contribution in [0, 0.1) is 6.92 Å². The Kier molecular flexibility index (Phi) is 3.96. The van der Waals surface area contributed by atoms with E-state index < -0.39 is 0 Å². The highest BCUT2D eigenvalue weighted by atomic mass is 16.1. The lowest BCUT2D eigenvalue weighted by molar-refractivity contribution is 0.102. The minimum absolute atomic E-state index is 0.140. The number of amides is 1. The van der Waals surface area contributed by atoms with E-state index in [4.69, 9.17) is 0 Å². The van der Waals surface area contributed by atoms with Gasteiger partial charge in [-0.1, -0.05) is 12.1 Å². The molecule has 5 heteroatoms. The van der Waals surface area contributed by atoms with Gasteiger partial charge in [-0.2, -0.15) is 0 Å². The van der Waals surface area contributed by atoms with Crippen molar-refractivity contribution in [3.63, 3.8) is 0 Å². The van der Waals surface area contributed by atoms with E-state index in [9.17, 15) is 4.79 Å². The molecule has 1 N–H and O–H groups in total. The van der Waals surface area contributed by atoms with Gasteiger partial charge in [-0.3, -0.25) is 9.78 Å². The molecule has 2 heterocycles. The molecule has 0 bridgehead atoms. The van der Waals surface area contributed by atoms with Crippen LogP contribution < -0.4 is 5.32 Å². The lowest BCUT2D eigenvalue weighted by atomic mass is 10.1. The Morgan fingerprint density at radius 2 is 2.00 bits per heavy atom. The molecule has 0 aliphatic rings. The monoisotopic (exact) mass is 292 g/mol. The second-order valence-electron chi connectivity index (χ2n) is 5.00. The summed E-state index contributed by atoms with van der Waals surface area (Å²) in [7, 11) is 0. The highest BCUT2D eigenvalue weighted by Gasteiger charge is 2.06. The van der Waals surface area contributed by atoms with Crippen molar-refractivity contribution in [3.05, 3.63) is 78.1 Å². The summed E-state index contributed by atoms with van der Waals surface area (Å²) >= 11 is 0. The van der Waals surface area contributed by atoms with Crippen LogP contribution in [0.25, 0.3) is 0 Å². The average Bonchev–Trinajstić information content (AvgIpc) is 2.94. The molecule has 22 heavy (non-hydrogen) atoms.